The second kappa shape index (κ2) is 8.74. The number of ether oxygens (including phenoxy) is 1. The first-order valence-electron chi connectivity index (χ1n) is 9.52. The predicted molar refractivity (Wildman–Crippen MR) is 109 cm³/mol. The van der Waals surface area contributed by atoms with Gasteiger partial charge < -0.3 is 14.1 Å². The van der Waals surface area contributed by atoms with Crippen LogP contribution in [0.3, 0.4) is 0 Å². The standard InChI is InChI=1S/C22H22N4O4/c1-12-5-7-16(8-6-12)22-26-25-21(30-22)15(4)29-19(27)10-9-17-13(2)18(11-23)20(28)24-14(17)3/h5-8,15H,9-10H2,1-4H3,(H,24,28)/t15-/m1/s1. The van der Waals surface area contributed by atoms with Crippen molar-refractivity contribution in [2.45, 2.75) is 46.6 Å². The van der Waals surface area contributed by atoms with E-state index in [9.17, 15) is 9.59 Å². The zero-order chi connectivity index (χ0) is 21.8. The van der Waals surface area contributed by atoms with E-state index in [1.807, 2.05) is 37.3 Å². The van der Waals surface area contributed by atoms with Gasteiger partial charge in [0, 0.05) is 17.7 Å². The maximum atomic E-state index is 12.3. The first-order chi connectivity index (χ1) is 14.3. The highest BCUT2D eigenvalue weighted by molar-refractivity contribution is 5.70. The second-order valence-corrected chi connectivity index (χ2v) is 7.11. The van der Waals surface area contributed by atoms with Crippen molar-refractivity contribution < 1.29 is 13.9 Å². The molecule has 1 N–H and O–H groups in total. The van der Waals surface area contributed by atoms with Crippen molar-refractivity contribution in [1.82, 2.24) is 15.2 Å². The van der Waals surface area contributed by atoms with Crippen LogP contribution in [0, 0.1) is 32.1 Å². The number of carbonyl (C=O) groups is 1. The number of hydrogen-bond acceptors (Lipinski definition) is 7. The number of esters is 1. The Balaban J connectivity index is 1.64. The van der Waals surface area contributed by atoms with Crippen molar-refractivity contribution in [2.24, 2.45) is 0 Å². The molecule has 0 aliphatic rings. The maximum absolute atomic E-state index is 12.3. The van der Waals surface area contributed by atoms with Gasteiger partial charge in [-0.3, -0.25) is 9.59 Å². The van der Waals surface area contributed by atoms with Crippen LogP contribution in [0.1, 0.15) is 53.3 Å². The number of carbonyl (C=O) groups excluding carboxylic acids is 1. The van der Waals surface area contributed by atoms with Gasteiger partial charge in [0.15, 0.2) is 6.10 Å². The van der Waals surface area contributed by atoms with E-state index < -0.39 is 17.6 Å². The lowest BCUT2D eigenvalue weighted by Gasteiger charge is -2.12. The summed E-state index contributed by atoms with van der Waals surface area (Å²) in [6.45, 7) is 7.09. The number of pyridine rings is 1. The smallest absolute Gasteiger partial charge is 0.306 e. The third kappa shape index (κ3) is 4.46. The molecule has 2 heterocycles. The molecule has 3 rings (SSSR count). The van der Waals surface area contributed by atoms with Crippen molar-refractivity contribution in [3.63, 3.8) is 0 Å². The van der Waals surface area contributed by atoms with E-state index in [1.54, 1.807) is 20.8 Å². The molecule has 0 saturated carbocycles. The highest BCUT2D eigenvalue weighted by Gasteiger charge is 2.20. The predicted octanol–water partition coefficient (Wildman–Crippen LogP) is 3.46. The van der Waals surface area contributed by atoms with Gasteiger partial charge in [0.05, 0.1) is 0 Å². The Bertz CT molecular complexity index is 1170. The van der Waals surface area contributed by atoms with E-state index in [1.165, 1.54) is 0 Å². The molecule has 0 unspecified atom stereocenters. The van der Waals surface area contributed by atoms with Crippen LogP contribution in [-0.2, 0) is 16.0 Å². The van der Waals surface area contributed by atoms with Gasteiger partial charge in [0.25, 0.3) is 11.4 Å². The molecule has 0 aliphatic heterocycles. The summed E-state index contributed by atoms with van der Waals surface area (Å²) in [5.41, 5.74) is 3.53. The highest BCUT2D eigenvalue weighted by Crippen LogP contribution is 2.23. The number of nitrogens with one attached hydrogen (secondary N) is 1. The average molecular weight is 406 g/mol. The molecular weight excluding hydrogens is 384 g/mol. The first-order valence-corrected chi connectivity index (χ1v) is 9.52. The van der Waals surface area contributed by atoms with Gasteiger partial charge in [-0.2, -0.15) is 5.26 Å². The molecular formula is C22H22N4O4. The third-order valence-electron chi connectivity index (χ3n) is 4.89. The molecule has 30 heavy (non-hydrogen) atoms. The SMILES string of the molecule is Cc1ccc(-c2nnc([C@@H](C)OC(=O)CCc3c(C)[nH]c(=O)c(C#N)c3C)o2)cc1. The lowest BCUT2D eigenvalue weighted by atomic mass is 9.99. The van der Waals surface area contributed by atoms with Gasteiger partial charge in [-0.25, -0.2) is 0 Å². The van der Waals surface area contributed by atoms with Crippen molar-refractivity contribution >= 4 is 5.97 Å². The van der Waals surface area contributed by atoms with Gasteiger partial charge >= 0.3 is 5.97 Å². The minimum atomic E-state index is -0.698. The number of rotatable bonds is 6. The number of nitriles is 1. The molecule has 8 nitrogen and oxygen atoms in total. The Kier molecular flexibility index (Phi) is 6.11. The zero-order valence-corrected chi connectivity index (χ0v) is 17.3. The third-order valence-corrected chi connectivity index (χ3v) is 4.89. The molecule has 0 amide bonds. The number of benzene rings is 1. The summed E-state index contributed by atoms with van der Waals surface area (Å²) in [5, 5.41) is 17.1. The molecule has 0 radical (unpaired) electrons. The fourth-order valence-corrected chi connectivity index (χ4v) is 3.17. The van der Waals surface area contributed by atoms with Crippen LogP contribution in [-0.4, -0.2) is 21.2 Å². The zero-order valence-electron chi connectivity index (χ0n) is 17.3. The van der Waals surface area contributed by atoms with Crippen molar-refractivity contribution in [1.29, 1.82) is 5.26 Å². The molecule has 154 valence electrons. The summed E-state index contributed by atoms with van der Waals surface area (Å²) in [7, 11) is 0. The molecule has 1 atom stereocenters. The number of nitrogens with zero attached hydrogens (tertiary/aromatic N) is 3. The Morgan fingerprint density at radius 1 is 1.23 bits per heavy atom. The first kappa shape index (κ1) is 21.0. The van der Waals surface area contributed by atoms with Crippen molar-refractivity contribution in [3.05, 3.63) is 68.5 Å². The van der Waals surface area contributed by atoms with E-state index in [4.69, 9.17) is 14.4 Å². The number of aromatic amines is 1. The Morgan fingerprint density at radius 3 is 2.60 bits per heavy atom. The lowest BCUT2D eigenvalue weighted by Crippen LogP contribution is -2.17. The molecule has 0 fully saturated rings. The molecule has 3 aromatic rings. The number of aromatic nitrogens is 3. The quantitative estimate of drug-likeness (QED) is 0.622. The summed E-state index contributed by atoms with van der Waals surface area (Å²) < 4.78 is 11.1. The number of hydrogen-bond donors (Lipinski definition) is 1. The fourth-order valence-electron chi connectivity index (χ4n) is 3.17. The van der Waals surface area contributed by atoms with Gasteiger partial charge in [-0.15, -0.1) is 10.2 Å². The Hall–Kier alpha value is -3.73. The molecule has 8 heteroatoms. The van der Waals surface area contributed by atoms with E-state index in [-0.39, 0.29) is 17.9 Å². The molecule has 1 aromatic carbocycles. The summed E-state index contributed by atoms with van der Waals surface area (Å²) in [5.74, 6) is 0.125. The molecule has 2 aromatic heterocycles. The summed E-state index contributed by atoms with van der Waals surface area (Å²) in [6, 6.07) is 9.56. The highest BCUT2D eigenvalue weighted by atomic mass is 16.6. The van der Waals surface area contributed by atoms with E-state index in [0.29, 0.717) is 23.6 Å². The van der Waals surface area contributed by atoms with Gasteiger partial charge in [0.1, 0.15) is 11.6 Å². The minimum Gasteiger partial charge on any atom is -0.453 e. The Labute approximate surface area is 173 Å². The lowest BCUT2D eigenvalue weighted by molar-refractivity contribution is -0.149. The van der Waals surface area contributed by atoms with Gasteiger partial charge in [-0.05, 0) is 57.4 Å². The molecule has 0 aliphatic carbocycles. The van der Waals surface area contributed by atoms with Crippen LogP contribution in [0.5, 0.6) is 0 Å². The van der Waals surface area contributed by atoms with Gasteiger partial charge in [0.2, 0.25) is 5.89 Å². The molecule has 0 spiro atoms. The van der Waals surface area contributed by atoms with Crippen LogP contribution in [0.25, 0.3) is 11.5 Å². The van der Waals surface area contributed by atoms with E-state index in [0.717, 1.165) is 16.7 Å². The molecule has 0 bridgehead atoms. The molecule has 0 saturated heterocycles. The second-order valence-electron chi connectivity index (χ2n) is 7.11. The normalized spacial score (nSPS) is 11.7. The maximum Gasteiger partial charge on any atom is 0.306 e. The van der Waals surface area contributed by atoms with Crippen LogP contribution in [0.15, 0.2) is 33.5 Å². The van der Waals surface area contributed by atoms with E-state index >= 15 is 0 Å². The van der Waals surface area contributed by atoms with Crippen LogP contribution in [0.4, 0.5) is 0 Å². The van der Waals surface area contributed by atoms with Gasteiger partial charge in [-0.1, -0.05) is 17.7 Å². The monoisotopic (exact) mass is 406 g/mol. The Morgan fingerprint density at radius 2 is 1.93 bits per heavy atom. The largest absolute Gasteiger partial charge is 0.453 e. The summed E-state index contributed by atoms with van der Waals surface area (Å²) >= 11 is 0. The van der Waals surface area contributed by atoms with Crippen molar-refractivity contribution in [3.8, 4) is 17.5 Å². The fraction of sp³-hybridized carbons (Fsp3) is 0.318. The minimum absolute atomic E-state index is 0.0619. The van der Waals surface area contributed by atoms with E-state index in [2.05, 4.69) is 15.2 Å². The number of aryl methyl sites for hydroxylation is 2. The number of H-pyrrole nitrogens is 1. The van der Waals surface area contributed by atoms with Crippen LogP contribution in [0.2, 0.25) is 0 Å². The summed E-state index contributed by atoms with van der Waals surface area (Å²) in [6.07, 6.45) is -0.272. The van der Waals surface area contributed by atoms with Crippen LogP contribution >= 0.6 is 0 Å². The summed E-state index contributed by atoms with van der Waals surface area (Å²) in [4.78, 5) is 26.8. The average Bonchev–Trinajstić information content (AvgIpc) is 3.19. The van der Waals surface area contributed by atoms with Crippen molar-refractivity contribution in [2.75, 3.05) is 0 Å². The van der Waals surface area contributed by atoms with Crippen LogP contribution < -0.4 is 5.56 Å². The topological polar surface area (TPSA) is 122 Å².